The molecular weight excluding hydrogens is 444 g/mol. The predicted molar refractivity (Wildman–Crippen MR) is 127 cm³/mol. The average Bonchev–Trinajstić information content (AvgIpc) is 3.45. The van der Waals surface area contributed by atoms with Crippen molar-refractivity contribution in [2.75, 3.05) is 6.61 Å². The number of ketones is 1. The van der Waals surface area contributed by atoms with E-state index in [4.69, 9.17) is 16.3 Å². The van der Waals surface area contributed by atoms with Crippen LogP contribution in [0.15, 0.2) is 48.5 Å². The Balaban J connectivity index is 1.41. The molecule has 0 amide bonds. The SMILES string of the molecule is Cc1cc(C(=O)COC(=O)c2cc(-c3ccc(Cl)s3)nc3ccccc23)c(C)n1C1CC1. The molecule has 0 N–H and O–H groups in total. The third-order valence-corrected chi connectivity index (χ3v) is 7.05. The number of nitrogens with zero attached hydrogens (tertiary/aromatic N) is 2. The van der Waals surface area contributed by atoms with E-state index in [1.807, 2.05) is 50.2 Å². The van der Waals surface area contributed by atoms with E-state index in [2.05, 4.69) is 9.55 Å². The fourth-order valence-electron chi connectivity index (χ4n) is 4.16. The van der Waals surface area contributed by atoms with Crippen molar-refractivity contribution in [2.24, 2.45) is 0 Å². The van der Waals surface area contributed by atoms with Crippen molar-refractivity contribution in [3.63, 3.8) is 0 Å². The minimum atomic E-state index is -0.545. The van der Waals surface area contributed by atoms with Crippen molar-refractivity contribution in [3.8, 4) is 10.6 Å². The number of carbonyl (C=O) groups excluding carboxylic acids is 2. The van der Waals surface area contributed by atoms with E-state index in [1.54, 1.807) is 12.1 Å². The summed E-state index contributed by atoms with van der Waals surface area (Å²) < 4.78 is 8.34. The largest absolute Gasteiger partial charge is 0.454 e. The Kier molecular flexibility index (Phi) is 5.35. The van der Waals surface area contributed by atoms with Gasteiger partial charge in [-0.2, -0.15) is 0 Å². The van der Waals surface area contributed by atoms with Crippen molar-refractivity contribution >= 4 is 45.6 Å². The van der Waals surface area contributed by atoms with Gasteiger partial charge in [0.25, 0.3) is 0 Å². The molecule has 1 fully saturated rings. The highest BCUT2D eigenvalue weighted by Crippen LogP contribution is 2.38. The number of pyridine rings is 1. The summed E-state index contributed by atoms with van der Waals surface area (Å²) in [6.45, 7) is 3.66. The van der Waals surface area contributed by atoms with Gasteiger partial charge in [-0.1, -0.05) is 29.8 Å². The number of para-hydroxylation sites is 1. The number of hydrogen-bond donors (Lipinski definition) is 0. The first-order valence-corrected chi connectivity index (χ1v) is 11.7. The minimum absolute atomic E-state index is 0.193. The number of esters is 1. The Bertz CT molecular complexity index is 1370. The molecule has 0 atom stereocenters. The average molecular weight is 465 g/mol. The van der Waals surface area contributed by atoms with E-state index in [-0.39, 0.29) is 12.4 Å². The van der Waals surface area contributed by atoms with Crippen LogP contribution in [0.1, 0.15) is 51.0 Å². The van der Waals surface area contributed by atoms with E-state index in [1.165, 1.54) is 11.3 Å². The van der Waals surface area contributed by atoms with Gasteiger partial charge < -0.3 is 9.30 Å². The lowest BCUT2D eigenvalue weighted by Gasteiger charge is -2.10. The van der Waals surface area contributed by atoms with Crippen molar-refractivity contribution < 1.29 is 14.3 Å². The van der Waals surface area contributed by atoms with Crippen LogP contribution in [0.25, 0.3) is 21.5 Å². The van der Waals surface area contributed by atoms with Crippen LogP contribution >= 0.6 is 22.9 Å². The fraction of sp³-hybridized carbons (Fsp3) is 0.240. The molecule has 1 aliphatic rings. The van der Waals surface area contributed by atoms with Crippen molar-refractivity contribution in [2.45, 2.75) is 32.7 Å². The van der Waals surface area contributed by atoms with Gasteiger partial charge in [0.1, 0.15) is 0 Å². The number of fused-ring (bicyclic) bond motifs is 1. The molecule has 7 heteroatoms. The van der Waals surface area contributed by atoms with Gasteiger partial charge in [0, 0.05) is 28.4 Å². The van der Waals surface area contributed by atoms with Crippen molar-refractivity contribution in [1.82, 2.24) is 9.55 Å². The highest BCUT2D eigenvalue weighted by atomic mass is 35.5. The van der Waals surface area contributed by atoms with Crippen LogP contribution in [0.5, 0.6) is 0 Å². The second-order valence-electron chi connectivity index (χ2n) is 8.06. The van der Waals surface area contributed by atoms with Gasteiger partial charge >= 0.3 is 5.97 Å². The number of aryl methyl sites for hydroxylation is 1. The normalized spacial score (nSPS) is 13.5. The summed E-state index contributed by atoms with van der Waals surface area (Å²) in [7, 11) is 0. The molecule has 4 aromatic rings. The summed E-state index contributed by atoms with van der Waals surface area (Å²) in [6, 6.07) is 15.2. The summed E-state index contributed by atoms with van der Waals surface area (Å²) in [5.41, 5.74) is 4.34. The molecule has 0 radical (unpaired) electrons. The number of halogens is 1. The maximum atomic E-state index is 13.0. The first-order chi connectivity index (χ1) is 15.4. The number of hydrogen-bond acceptors (Lipinski definition) is 5. The zero-order valence-electron chi connectivity index (χ0n) is 17.7. The predicted octanol–water partition coefficient (Wildman–Crippen LogP) is 6.41. The smallest absolute Gasteiger partial charge is 0.339 e. The zero-order chi connectivity index (χ0) is 22.4. The van der Waals surface area contributed by atoms with Gasteiger partial charge in [-0.25, -0.2) is 9.78 Å². The summed E-state index contributed by atoms with van der Waals surface area (Å²) in [6.07, 6.45) is 2.29. The fourth-order valence-corrected chi connectivity index (χ4v) is 5.17. The Hall–Kier alpha value is -2.96. The van der Waals surface area contributed by atoms with Gasteiger partial charge in [-0.05, 0) is 57.0 Å². The van der Waals surface area contributed by atoms with Gasteiger partial charge in [0.05, 0.1) is 26.0 Å². The van der Waals surface area contributed by atoms with Crippen LogP contribution in [0, 0.1) is 13.8 Å². The summed E-state index contributed by atoms with van der Waals surface area (Å²) >= 11 is 7.47. The molecule has 1 aromatic carbocycles. The maximum Gasteiger partial charge on any atom is 0.339 e. The molecule has 0 spiro atoms. The summed E-state index contributed by atoms with van der Waals surface area (Å²) in [5, 5.41) is 0.684. The molecule has 162 valence electrons. The van der Waals surface area contributed by atoms with E-state index in [0.717, 1.165) is 29.1 Å². The number of rotatable bonds is 6. The third-order valence-electron chi connectivity index (χ3n) is 5.79. The number of ether oxygens (including phenoxy) is 1. The molecule has 3 heterocycles. The molecule has 0 aliphatic heterocycles. The van der Waals surface area contributed by atoms with Crippen molar-refractivity contribution in [3.05, 3.63) is 75.4 Å². The summed E-state index contributed by atoms with van der Waals surface area (Å²) in [5.74, 6) is -0.737. The van der Waals surface area contributed by atoms with Crippen LogP contribution in [0.2, 0.25) is 4.34 Å². The maximum absolute atomic E-state index is 13.0. The van der Waals surface area contributed by atoms with Crippen LogP contribution in [0.4, 0.5) is 0 Å². The topological polar surface area (TPSA) is 61.2 Å². The second-order valence-corrected chi connectivity index (χ2v) is 9.78. The molecule has 0 bridgehead atoms. The van der Waals surface area contributed by atoms with E-state index < -0.39 is 5.97 Å². The monoisotopic (exact) mass is 464 g/mol. The molecule has 5 rings (SSSR count). The highest BCUT2D eigenvalue weighted by molar-refractivity contribution is 7.19. The lowest BCUT2D eigenvalue weighted by molar-refractivity contribution is 0.0476. The van der Waals surface area contributed by atoms with Crippen LogP contribution < -0.4 is 0 Å². The van der Waals surface area contributed by atoms with Gasteiger partial charge in [-0.15, -0.1) is 11.3 Å². The van der Waals surface area contributed by atoms with E-state index in [9.17, 15) is 9.59 Å². The minimum Gasteiger partial charge on any atom is -0.454 e. The lowest BCUT2D eigenvalue weighted by Crippen LogP contribution is -2.15. The van der Waals surface area contributed by atoms with Gasteiger partial charge in [-0.3, -0.25) is 4.79 Å². The summed E-state index contributed by atoms with van der Waals surface area (Å²) in [4.78, 5) is 31.4. The quantitative estimate of drug-likeness (QED) is 0.244. The first kappa shape index (κ1) is 20.9. The molecule has 0 unspecified atom stereocenters. The molecular formula is C25H21ClN2O3S. The number of Topliss-reactive ketones (excluding diaryl/α,β-unsaturated/α-hetero) is 1. The Morgan fingerprint density at radius 2 is 1.91 bits per heavy atom. The molecule has 1 aliphatic carbocycles. The van der Waals surface area contributed by atoms with Gasteiger partial charge in [0.15, 0.2) is 6.61 Å². The molecule has 1 saturated carbocycles. The second kappa shape index (κ2) is 8.19. The Morgan fingerprint density at radius 3 is 2.62 bits per heavy atom. The highest BCUT2D eigenvalue weighted by Gasteiger charge is 2.28. The molecule has 0 saturated heterocycles. The van der Waals surface area contributed by atoms with Crippen LogP contribution in [-0.4, -0.2) is 27.9 Å². The number of aromatic nitrogens is 2. The lowest BCUT2D eigenvalue weighted by atomic mass is 10.1. The van der Waals surface area contributed by atoms with Gasteiger partial charge in [0.2, 0.25) is 5.78 Å². The van der Waals surface area contributed by atoms with Crippen LogP contribution in [-0.2, 0) is 4.74 Å². The number of carbonyl (C=O) groups is 2. The standard InChI is InChI=1S/C25H21ClN2O3S/c1-14-11-18(15(2)28(14)16-7-8-16)22(29)13-31-25(30)19-12-21(23-9-10-24(26)32-23)27-20-6-4-3-5-17(19)20/h3-6,9-12,16H,7-8,13H2,1-2H3. The zero-order valence-corrected chi connectivity index (χ0v) is 19.3. The third kappa shape index (κ3) is 3.85. The van der Waals surface area contributed by atoms with E-state index in [0.29, 0.717) is 38.1 Å². The van der Waals surface area contributed by atoms with Crippen LogP contribution in [0.3, 0.4) is 0 Å². The van der Waals surface area contributed by atoms with E-state index >= 15 is 0 Å². The van der Waals surface area contributed by atoms with Crippen molar-refractivity contribution in [1.29, 1.82) is 0 Å². The molecule has 3 aromatic heterocycles. The number of benzene rings is 1. The first-order valence-electron chi connectivity index (χ1n) is 10.5. The molecule has 32 heavy (non-hydrogen) atoms. The number of thiophene rings is 1. The molecule has 5 nitrogen and oxygen atoms in total. The Labute approximate surface area is 194 Å². The Morgan fingerprint density at radius 1 is 1.12 bits per heavy atom.